The monoisotopic (exact) mass is 1180 g/mol. The molecule has 0 aromatic carbocycles. The summed E-state index contributed by atoms with van der Waals surface area (Å²) in [6.07, 6.45) is 96.4. The molecule has 6 nitrogen and oxygen atoms in total. The molecule has 0 aliphatic rings. The van der Waals surface area contributed by atoms with Gasteiger partial charge in [-0.05, 0) is 89.9 Å². The van der Waals surface area contributed by atoms with Crippen LogP contribution in [0.1, 0.15) is 412 Å². The Hall–Kier alpha value is -2.18. The molecular weight excluding hydrogens is 1030 g/mol. The van der Waals surface area contributed by atoms with Crippen LogP contribution < -0.4 is 5.32 Å². The van der Waals surface area contributed by atoms with Crippen molar-refractivity contribution in [2.45, 2.75) is 424 Å². The fourth-order valence-corrected chi connectivity index (χ4v) is 11.8. The molecule has 0 aromatic rings. The van der Waals surface area contributed by atoms with Gasteiger partial charge in [0.15, 0.2) is 0 Å². The second kappa shape index (κ2) is 73.3. The molecule has 0 saturated heterocycles. The van der Waals surface area contributed by atoms with Crippen LogP contribution in [0.3, 0.4) is 0 Å². The third-order valence-electron chi connectivity index (χ3n) is 17.6. The summed E-state index contributed by atoms with van der Waals surface area (Å²) < 4.78 is 5.51. The fourth-order valence-electron chi connectivity index (χ4n) is 11.8. The van der Waals surface area contributed by atoms with Crippen LogP contribution in [0.5, 0.6) is 0 Å². The van der Waals surface area contributed by atoms with E-state index in [-0.39, 0.29) is 18.5 Å². The molecule has 2 atom stereocenters. The van der Waals surface area contributed by atoms with Crippen LogP contribution in [-0.2, 0) is 14.3 Å². The van der Waals surface area contributed by atoms with Crippen LogP contribution in [0, 0.1) is 0 Å². The van der Waals surface area contributed by atoms with Crippen LogP contribution in [0.25, 0.3) is 0 Å². The average Bonchev–Trinajstić information content (AvgIpc) is 3.51. The van der Waals surface area contributed by atoms with Gasteiger partial charge in [0.1, 0.15) is 0 Å². The van der Waals surface area contributed by atoms with Crippen molar-refractivity contribution in [3.05, 3.63) is 48.6 Å². The highest BCUT2D eigenvalue weighted by Gasteiger charge is 2.20. The van der Waals surface area contributed by atoms with Crippen molar-refractivity contribution in [1.29, 1.82) is 0 Å². The maximum Gasteiger partial charge on any atom is 0.305 e. The molecule has 3 N–H and O–H groups in total. The molecule has 1 amide bonds. The van der Waals surface area contributed by atoms with Gasteiger partial charge in [-0.3, -0.25) is 9.59 Å². The molecule has 494 valence electrons. The van der Waals surface area contributed by atoms with Crippen LogP contribution >= 0.6 is 0 Å². The predicted octanol–water partition coefficient (Wildman–Crippen LogP) is 24.8. The molecule has 84 heavy (non-hydrogen) atoms. The highest BCUT2D eigenvalue weighted by molar-refractivity contribution is 5.76. The number of carbonyl (C=O) groups is 2. The molecule has 0 fully saturated rings. The minimum Gasteiger partial charge on any atom is -0.466 e. The van der Waals surface area contributed by atoms with Crippen LogP contribution in [0.2, 0.25) is 0 Å². The Morgan fingerprint density at radius 1 is 0.333 bits per heavy atom. The van der Waals surface area contributed by atoms with Crippen molar-refractivity contribution in [3.63, 3.8) is 0 Å². The second-order valence-corrected chi connectivity index (χ2v) is 26.0. The highest BCUT2D eigenvalue weighted by Crippen LogP contribution is 2.19. The van der Waals surface area contributed by atoms with E-state index < -0.39 is 12.1 Å². The largest absolute Gasteiger partial charge is 0.466 e. The zero-order chi connectivity index (χ0) is 60.6. The third-order valence-corrected chi connectivity index (χ3v) is 17.6. The summed E-state index contributed by atoms with van der Waals surface area (Å²) in [4.78, 5) is 24.6. The summed E-state index contributed by atoms with van der Waals surface area (Å²) in [6, 6.07) is -0.537. The van der Waals surface area contributed by atoms with Gasteiger partial charge in [0, 0.05) is 12.8 Å². The quantitative estimate of drug-likeness (QED) is 0.0320. The molecule has 0 rings (SSSR count). The number of unbranched alkanes of at least 4 members (excludes halogenated alkanes) is 52. The molecule has 0 spiro atoms. The highest BCUT2D eigenvalue weighted by atomic mass is 16.5. The van der Waals surface area contributed by atoms with E-state index >= 15 is 0 Å². The second-order valence-electron chi connectivity index (χ2n) is 26.0. The molecule has 2 unspecified atom stereocenters. The van der Waals surface area contributed by atoms with Crippen LogP contribution in [0.4, 0.5) is 0 Å². The molecule has 0 saturated carbocycles. The number of aliphatic hydroxyl groups is 2. The van der Waals surface area contributed by atoms with Crippen molar-refractivity contribution < 1.29 is 24.5 Å². The number of nitrogens with one attached hydrogen (secondary N) is 1. The number of allylic oxidation sites excluding steroid dienone is 8. The Labute approximate surface area is 525 Å². The molecule has 0 aliphatic heterocycles. The van der Waals surface area contributed by atoms with Gasteiger partial charge in [0.2, 0.25) is 5.91 Å². The Morgan fingerprint density at radius 2 is 0.595 bits per heavy atom. The van der Waals surface area contributed by atoms with Gasteiger partial charge in [-0.2, -0.15) is 0 Å². The van der Waals surface area contributed by atoms with Gasteiger partial charge < -0.3 is 20.3 Å². The van der Waals surface area contributed by atoms with Crippen molar-refractivity contribution in [2.75, 3.05) is 13.2 Å². The maximum atomic E-state index is 12.4. The van der Waals surface area contributed by atoms with E-state index in [4.69, 9.17) is 4.74 Å². The number of carbonyl (C=O) groups excluding carboxylic acids is 2. The van der Waals surface area contributed by atoms with Gasteiger partial charge in [-0.25, -0.2) is 0 Å². The number of hydrogen-bond acceptors (Lipinski definition) is 5. The summed E-state index contributed by atoms with van der Waals surface area (Å²) in [7, 11) is 0. The molecule has 0 radical (unpaired) electrons. The summed E-state index contributed by atoms with van der Waals surface area (Å²) in [5.41, 5.74) is 0. The van der Waals surface area contributed by atoms with E-state index in [9.17, 15) is 19.8 Å². The van der Waals surface area contributed by atoms with Crippen molar-refractivity contribution in [1.82, 2.24) is 5.32 Å². The van der Waals surface area contributed by atoms with Gasteiger partial charge in [-0.15, -0.1) is 0 Å². The van der Waals surface area contributed by atoms with Gasteiger partial charge in [-0.1, -0.05) is 358 Å². The number of amides is 1. The van der Waals surface area contributed by atoms with E-state index in [0.29, 0.717) is 25.9 Å². The Balaban J connectivity index is 3.32. The van der Waals surface area contributed by atoms with E-state index in [0.717, 1.165) is 57.8 Å². The first kappa shape index (κ1) is 81.8. The SMILES string of the molecule is CCCCC/C=C\C/C=C\CCCCCCCCCCCC(=O)OCCCCCCCCCCCCCCCCC/C=C\C/C=C\CCCCCCCCCCCCCCCCCCCC(=O)NC(CO)C(O)CCCCCCCCCCC. The summed E-state index contributed by atoms with van der Waals surface area (Å²) in [5, 5.41) is 23.2. The van der Waals surface area contributed by atoms with E-state index in [2.05, 4.69) is 67.8 Å². The first-order valence-electron chi connectivity index (χ1n) is 37.9. The topological polar surface area (TPSA) is 95.9 Å². The predicted molar refractivity (Wildman–Crippen MR) is 370 cm³/mol. The lowest BCUT2D eigenvalue weighted by Crippen LogP contribution is -2.45. The third kappa shape index (κ3) is 68.9. The number of esters is 1. The molecule has 6 heteroatoms. The summed E-state index contributed by atoms with van der Waals surface area (Å²) in [6.45, 7) is 4.93. The van der Waals surface area contributed by atoms with E-state index in [1.807, 2.05) is 0 Å². The molecule has 0 heterocycles. The molecule has 0 bridgehead atoms. The minimum atomic E-state index is -0.660. The van der Waals surface area contributed by atoms with Gasteiger partial charge in [0.05, 0.1) is 25.4 Å². The molecular formula is C78H147NO5. The van der Waals surface area contributed by atoms with Crippen LogP contribution in [0.15, 0.2) is 48.6 Å². The first-order valence-corrected chi connectivity index (χ1v) is 37.9. The van der Waals surface area contributed by atoms with Crippen LogP contribution in [-0.4, -0.2) is 47.4 Å². The molecule has 0 aliphatic carbocycles. The zero-order valence-corrected chi connectivity index (χ0v) is 56.6. The van der Waals surface area contributed by atoms with Crippen molar-refractivity contribution in [3.8, 4) is 0 Å². The van der Waals surface area contributed by atoms with Crippen molar-refractivity contribution in [2.24, 2.45) is 0 Å². The average molecular weight is 1180 g/mol. The smallest absolute Gasteiger partial charge is 0.305 e. The maximum absolute atomic E-state index is 12.4. The van der Waals surface area contributed by atoms with Gasteiger partial charge in [0.25, 0.3) is 0 Å². The normalized spacial score (nSPS) is 12.8. The zero-order valence-electron chi connectivity index (χ0n) is 56.6. The van der Waals surface area contributed by atoms with Gasteiger partial charge >= 0.3 is 5.97 Å². The number of ether oxygens (including phenoxy) is 1. The first-order chi connectivity index (χ1) is 41.5. The fraction of sp³-hybridized carbons (Fsp3) is 0.872. The van der Waals surface area contributed by atoms with E-state index in [1.54, 1.807) is 0 Å². The Kier molecular flexibility index (Phi) is 71.4. The lowest BCUT2D eigenvalue weighted by atomic mass is 10.0. The number of hydrogen-bond donors (Lipinski definition) is 3. The van der Waals surface area contributed by atoms with Crippen molar-refractivity contribution >= 4 is 11.9 Å². The standard InChI is InChI=1S/C78H147NO5/c1-3-5-7-9-11-13-14-15-16-17-39-43-46-49-52-56-60-64-68-72-78(83)84-73-69-65-61-57-53-50-47-44-41-38-36-34-32-30-28-26-24-22-20-18-19-21-23-25-27-29-31-33-35-37-40-42-45-48-51-55-59-63-67-71-77(82)79-75(74-80)76(81)70-66-62-58-54-12-10-8-6-4-2/h11,13,15-16,18-19,22,24,75-76,80-81H,3-10,12,14,17,20-21,23,25-74H2,1-2H3,(H,79,82)/b13-11-,16-15-,19-18-,24-22-. The lowest BCUT2D eigenvalue weighted by Gasteiger charge is -2.22. The van der Waals surface area contributed by atoms with E-state index in [1.165, 1.54) is 321 Å². The molecule has 0 aromatic heterocycles. The number of rotatable bonds is 71. The summed E-state index contributed by atoms with van der Waals surface area (Å²) in [5.74, 6) is -0.0161. The Morgan fingerprint density at radius 3 is 0.929 bits per heavy atom. The lowest BCUT2D eigenvalue weighted by molar-refractivity contribution is -0.143. The number of aliphatic hydroxyl groups excluding tert-OH is 2. The summed E-state index contributed by atoms with van der Waals surface area (Å²) >= 11 is 0. The minimum absolute atomic E-state index is 0.0167. The Bertz CT molecular complexity index is 1400.